The topological polar surface area (TPSA) is 49.9 Å². The molecule has 120 valence electrons. The third kappa shape index (κ3) is 4.34. The Bertz CT molecular complexity index is 408. The zero-order chi connectivity index (χ0) is 15.6. The summed E-state index contributed by atoms with van der Waals surface area (Å²) in [7, 11) is 0. The van der Waals surface area contributed by atoms with E-state index >= 15 is 0 Å². The molecule has 2 aliphatic heterocycles. The molecule has 0 bridgehead atoms. The Balaban J connectivity index is 1.93. The van der Waals surface area contributed by atoms with Gasteiger partial charge in [0.1, 0.15) is 5.60 Å². The van der Waals surface area contributed by atoms with Gasteiger partial charge in [-0.3, -0.25) is 4.79 Å². The molecule has 0 aromatic rings. The molecule has 2 fully saturated rings. The van der Waals surface area contributed by atoms with Crippen molar-refractivity contribution in [1.82, 2.24) is 9.80 Å². The van der Waals surface area contributed by atoms with Gasteiger partial charge in [-0.25, -0.2) is 4.79 Å². The number of likely N-dealkylation sites (tertiary alicyclic amines) is 2. The van der Waals surface area contributed by atoms with E-state index in [-0.39, 0.29) is 18.0 Å². The third-order valence-electron chi connectivity index (χ3n) is 3.95. The van der Waals surface area contributed by atoms with Crippen LogP contribution in [0.1, 0.15) is 40.0 Å². The minimum absolute atomic E-state index is 0.0953. The minimum atomic E-state index is -0.477. The number of hydrogen-bond acceptors (Lipinski definition) is 3. The first kappa shape index (κ1) is 16.6. The second-order valence-corrected chi connectivity index (χ2v) is 7.64. The minimum Gasteiger partial charge on any atom is -0.444 e. The molecule has 0 aromatic heterocycles. The first-order valence-electron chi connectivity index (χ1n) is 7.63. The summed E-state index contributed by atoms with van der Waals surface area (Å²) in [6.45, 7) is 7.79. The van der Waals surface area contributed by atoms with Crippen LogP contribution < -0.4 is 0 Å². The fourth-order valence-corrected chi connectivity index (χ4v) is 3.41. The van der Waals surface area contributed by atoms with Gasteiger partial charge in [-0.1, -0.05) is 15.9 Å². The molecular formula is C15H25BrN2O3. The molecule has 21 heavy (non-hydrogen) atoms. The van der Waals surface area contributed by atoms with Crippen LogP contribution in [0.15, 0.2) is 0 Å². The van der Waals surface area contributed by atoms with Crippen LogP contribution in [0.5, 0.6) is 0 Å². The van der Waals surface area contributed by atoms with Crippen LogP contribution in [0, 0.1) is 5.92 Å². The molecule has 2 amide bonds. The Kier molecular flexibility index (Phi) is 5.17. The van der Waals surface area contributed by atoms with Gasteiger partial charge in [-0.15, -0.1) is 0 Å². The van der Waals surface area contributed by atoms with Crippen molar-refractivity contribution in [1.29, 1.82) is 0 Å². The number of rotatable bonds is 3. The van der Waals surface area contributed by atoms with E-state index in [9.17, 15) is 9.59 Å². The molecule has 0 saturated carbocycles. The zero-order valence-corrected chi connectivity index (χ0v) is 14.7. The maximum atomic E-state index is 12.2. The first-order valence-corrected chi connectivity index (χ1v) is 8.75. The summed E-state index contributed by atoms with van der Waals surface area (Å²) in [5.41, 5.74) is -0.477. The maximum absolute atomic E-state index is 12.2. The van der Waals surface area contributed by atoms with Crippen molar-refractivity contribution in [2.45, 2.75) is 51.7 Å². The SMILES string of the molecule is CC(C)(C)OC(=O)N1CCC[C@@H]1CN1CC(CBr)CC1=O. The summed E-state index contributed by atoms with van der Waals surface area (Å²) < 4.78 is 5.46. The molecule has 2 heterocycles. The van der Waals surface area contributed by atoms with Crippen LogP contribution >= 0.6 is 15.9 Å². The summed E-state index contributed by atoms with van der Waals surface area (Å²) in [5, 5.41) is 0.857. The van der Waals surface area contributed by atoms with Crippen molar-refractivity contribution in [3.8, 4) is 0 Å². The fraction of sp³-hybridized carbons (Fsp3) is 0.867. The smallest absolute Gasteiger partial charge is 0.410 e. The van der Waals surface area contributed by atoms with Gasteiger partial charge < -0.3 is 14.5 Å². The van der Waals surface area contributed by atoms with Crippen molar-refractivity contribution in [2.24, 2.45) is 5.92 Å². The molecule has 2 atom stereocenters. The Labute approximate surface area is 135 Å². The quantitative estimate of drug-likeness (QED) is 0.726. The Morgan fingerprint density at radius 3 is 2.71 bits per heavy atom. The normalized spacial score (nSPS) is 26.6. The highest BCUT2D eigenvalue weighted by Gasteiger charge is 2.36. The molecule has 0 radical (unpaired) electrons. The van der Waals surface area contributed by atoms with Crippen molar-refractivity contribution < 1.29 is 14.3 Å². The van der Waals surface area contributed by atoms with E-state index in [2.05, 4.69) is 15.9 Å². The summed E-state index contributed by atoms with van der Waals surface area (Å²) in [5.74, 6) is 0.601. The average Bonchev–Trinajstić information content (AvgIpc) is 2.95. The molecule has 0 N–H and O–H groups in total. The standard InChI is InChI=1S/C15H25BrN2O3/c1-15(2,3)21-14(20)18-6-4-5-12(18)10-17-9-11(8-16)7-13(17)19/h11-12H,4-10H2,1-3H3/t11?,12-/m1/s1. The van der Waals surface area contributed by atoms with Gasteiger partial charge in [0, 0.05) is 31.4 Å². The van der Waals surface area contributed by atoms with Gasteiger partial charge in [0.15, 0.2) is 0 Å². The molecule has 1 unspecified atom stereocenters. The second-order valence-electron chi connectivity index (χ2n) is 6.99. The molecule has 2 saturated heterocycles. The van der Waals surface area contributed by atoms with Crippen molar-refractivity contribution in [2.75, 3.05) is 25.0 Å². The van der Waals surface area contributed by atoms with E-state index in [1.807, 2.05) is 25.7 Å². The highest BCUT2D eigenvalue weighted by Crippen LogP contribution is 2.25. The molecular weight excluding hydrogens is 336 g/mol. The first-order chi connectivity index (χ1) is 9.80. The zero-order valence-electron chi connectivity index (χ0n) is 13.1. The van der Waals surface area contributed by atoms with Gasteiger partial charge in [0.05, 0.1) is 6.04 Å². The molecule has 5 nitrogen and oxygen atoms in total. The molecule has 6 heteroatoms. The predicted molar refractivity (Wildman–Crippen MR) is 84.4 cm³/mol. The van der Waals surface area contributed by atoms with E-state index in [0.717, 1.165) is 31.3 Å². The van der Waals surface area contributed by atoms with Gasteiger partial charge in [0.25, 0.3) is 0 Å². The van der Waals surface area contributed by atoms with Crippen molar-refractivity contribution >= 4 is 27.9 Å². The van der Waals surface area contributed by atoms with E-state index < -0.39 is 5.60 Å². The molecule has 2 aliphatic rings. The van der Waals surface area contributed by atoms with Crippen LogP contribution in [-0.4, -0.2) is 58.4 Å². The number of carbonyl (C=O) groups excluding carboxylic acids is 2. The fourth-order valence-electron chi connectivity index (χ4n) is 2.97. The lowest BCUT2D eigenvalue weighted by Crippen LogP contribution is -2.45. The maximum Gasteiger partial charge on any atom is 0.410 e. The largest absolute Gasteiger partial charge is 0.444 e. The van der Waals surface area contributed by atoms with Gasteiger partial charge in [0.2, 0.25) is 5.91 Å². The summed E-state index contributed by atoms with van der Waals surface area (Å²) in [6, 6.07) is 0.0953. The lowest BCUT2D eigenvalue weighted by molar-refractivity contribution is -0.128. The Morgan fingerprint density at radius 2 is 2.14 bits per heavy atom. The van der Waals surface area contributed by atoms with E-state index in [4.69, 9.17) is 4.74 Å². The Hall–Kier alpha value is -0.780. The highest BCUT2D eigenvalue weighted by atomic mass is 79.9. The lowest BCUT2D eigenvalue weighted by Gasteiger charge is -2.31. The highest BCUT2D eigenvalue weighted by molar-refractivity contribution is 9.09. The molecule has 2 rings (SSSR count). The van der Waals surface area contributed by atoms with Gasteiger partial charge in [-0.05, 0) is 39.5 Å². The van der Waals surface area contributed by atoms with Crippen molar-refractivity contribution in [3.63, 3.8) is 0 Å². The summed E-state index contributed by atoms with van der Waals surface area (Å²) >= 11 is 3.45. The molecule has 0 aromatic carbocycles. The number of halogens is 1. The van der Waals surface area contributed by atoms with Crippen molar-refractivity contribution in [3.05, 3.63) is 0 Å². The number of hydrogen-bond donors (Lipinski definition) is 0. The summed E-state index contributed by atoms with van der Waals surface area (Å²) in [4.78, 5) is 27.9. The molecule has 0 spiro atoms. The third-order valence-corrected chi connectivity index (χ3v) is 4.86. The number of alkyl halides is 1. The average molecular weight is 361 g/mol. The van der Waals surface area contributed by atoms with Crippen LogP contribution in [-0.2, 0) is 9.53 Å². The molecule has 0 aliphatic carbocycles. The number of nitrogens with zero attached hydrogens (tertiary/aromatic N) is 2. The van der Waals surface area contributed by atoms with Gasteiger partial charge in [-0.2, -0.15) is 0 Å². The summed E-state index contributed by atoms with van der Waals surface area (Å²) in [6.07, 6.45) is 2.29. The monoisotopic (exact) mass is 360 g/mol. The van der Waals surface area contributed by atoms with Crippen LogP contribution in [0.3, 0.4) is 0 Å². The number of carbonyl (C=O) groups is 2. The van der Waals surface area contributed by atoms with Gasteiger partial charge >= 0.3 is 6.09 Å². The van der Waals surface area contributed by atoms with E-state index in [1.54, 1.807) is 4.90 Å². The number of amides is 2. The lowest BCUT2D eigenvalue weighted by atomic mass is 10.1. The predicted octanol–water partition coefficient (Wildman–Crippen LogP) is 2.63. The van der Waals surface area contributed by atoms with E-state index in [0.29, 0.717) is 18.9 Å². The van der Waals surface area contributed by atoms with Crippen LogP contribution in [0.4, 0.5) is 4.79 Å². The van der Waals surface area contributed by atoms with Crippen LogP contribution in [0.25, 0.3) is 0 Å². The Morgan fingerprint density at radius 1 is 1.43 bits per heavy atom. The number of ether oxygens (including phenoxy) is 1. The van der Waals surface area contributed by atoms with E-state index in [1.165, 1.54) is 0 Å². The van der Waals surface area contributed by atoms with Crippen LogP contribution in [0.2, 0.25) is 0 Å². The second kappa shape index (κ2) is 6.55.